The number of aliphatic hydroxyl groups is 1. The molecular weight excluding hydrogens is 352 g/mol. The van der Waals surface area contributed by atoms with E-state index in [9.17, 15) is 5.11 Å². The SMILES string of the molecule is CCNC(CCN1CCC(C)(O)C1)c1ccc(Br)cc1Cl. The molecule has 1 aromatic carbocycles. The van der Waals surface area contributed by atoms with Crippen LogP contribution in [0.5, 0.6) is 0 Å². The van der Waals surface area contributed by atoms with E-state index in [0.29, 0.717) is 0 Å². The van der Waals surface area contributed by atoms with Crippen molar-refractivity contribution in [3.8, 4) is 0 Å². The van der Waals surface area contributed by atoms with Gasteiger partial charge in [-0.1, -0.05) is 40.5 Å². The van der Waals surface area contributed by atoms with E-state index in [1.807, 2.05) is 19.1 Å². The van der Waals surface area contributed by atoms with Gasteiger partial charge >= 0.3 is 0 Å². The number of benzene rings is 1. The molecule has 0 saturated carbocycles. The van der Waals surface area contributed by atoms with Crippen LogP contribution in [0.1, 0.15) is 38.3 Å². The highest BCUT2D eigenvalue weighted by Crippen LogP contribution is 2.29. The maximum absolute atomic E-state index is 10.0. The number of hydrogen-bond acceptors (Lipinski definition) is 3. The molecule has 21 heavy (non-hydrogen) atoms. The summed E-state index contributed by atoms with van der Waals surface area (Å²) in [6.45, 7) is 7.65. The number of likely N-dealkylation sites (tertiary alicyclic amines) is 1. The van der Waals surface area contributed by atoms with Crippen molar-refractivity contribution in [3.63, 3.8) is 0 Å². The summed E-state index contributed by atoms with van der Waals surface area (Å²) in [6.07, 6.45) is 1.85. The Morgan fingerprint density at radius 3 is 2.86 bits per heavy atom. The molecular formula is C16H24BrClN2O. The van der Waals surface area contributed by atoms with Gasteiger partial charge in [0.05, 0.1) is 5.60 Å². The number of halogens is 2. The summed E-state index contributed by atoms with van der Waals surface area (Å²) in [5.74, 6) is 0. The fourth-order valence-corrected chi connectivity index (χ4v) is 3.74. The molecule has 1 saturated heterocycles. The van der Waals surface area contributed by atoms with Crippen LogP contribution < -0.4 is 5.32 Å². The van der Waals surface area contributed by atoms with E-state index >= 15 is 0 Å². The number of nitrogens with one attached hydrogen (secondary N) is 1. The third-order valence-corrected chi connectivity index (χ3v) is 4.87. The second kappa shape index (κ2) is 7.42. The van der Waals surface area contributed by atoms with Gasteiger partial charge in [-0.05, 0) is 44.0 Å². The normalized spacial score (nSPS) is 24.4. The summed E-state index contributed by atoms with van der Waals surface area (Å²) >= 11 is 9.83. The predicted octanol–water partition coefficient (Wildman–Crippen LogP) is 3.60. The van der Waals surface area contributed by atoms with Crippen molar-refractivity contribution >= 4 is 27.5 Å². The summed E-state index contributed by atoms with van der Waals surface area (Å²) in [6, 6.07) is 6.31. The van der Waals surface area contributed by atoms with E-state index in [4.69, 9.17) is 11.6 Å². The predicted molar refractivity (Wildman–Crippen MR) is 91.9 cm³/mol. The van der Waals surface area contributed by atoms with Crippen molar-refractivity contribution in [1.29, 1.82) is 0 Å². The zero-order valence-corrected chi connectivity index (χ0v) is 15.0. The van der Waals surface area contributed by atoms with Crippen molar-refractivity contribution in [2.45, 2.75) is 38.3 Å². The average Bonchev–Trinajstić information content (AvgIpc) is 2.75. The van der Waals surface area contributed by atoms with Crippen LogP contribution in [0.2, 0.25) is 5.02 Å². The lowest BCUT2D eigenvalue weighted by Crippen LogP contribution is -2.32. The molecule has 1 aliphatic rings. The number of hydrogen-bond donors (Lipinski definition) is 2. The minimum Gasteiger partial charge on any atom is -0.389 e. The monoisotopic (exact) mass is 374 g/mol. The van der Waals surface area contributed by atoms with E-state index in [2.05, 4.69) is 39.1 Å². The first-order valence-corrected chi connectivity index (χ1v) is 8.71. The fourth-order valence-electron chi connectivity index (χ4n) is 2.94. The molecule has 1 fully saturated rings. The van der Waals surface area contributed by atoms with Crippen LogP contribution in [0.15, 0.2) is 22.7 Å². The van der Waals surface area contributed by atoms with Gasteiger partial charge in [0.25, 0.3) is 0 Å². The van der Waals surface area contributed by atoms with E-state index in [1.54, 1.807) is 0 Å². The molecule has 118 valence electrons. The number of nitrogens with zero attached hydrogens (tertiary/aromatic N) is 1. The first-order chi connectivity index (χ1) is 9.91. The lowest BCUT2D eigenvalue weighted by atomic mass is 10.0. The van der Waals surface area contributed by atoms with Crippen molar-refractivity contribution < 1.29 is 5.11 Å². The molecule has 5 heteroatoms. The molecule has 0 spiro atoms. The molecule has 0 aliphatic carbocycles. The van der Waals surface area contributed by atoms with Gasteiger partial charge in [0.15, 0.2) is 0 Å². The lowest BCUT2D eigenvalue weighted by Gasteiger charge is -2.24. The maximum atomic E-state index is 10.0. The Morgan fingerprint density at radius 2 is 2.29 bits per heavy atom. The van der Waals surface area contributed by atoms with Gasteiger partial charge in [0, 0.05) is 35.2 Å². The molecule has 0 amide bonds. The summed E-state index contributed by atoms with van der Waals surface area (Å²) in [5, 5.41) is 14.4. The van der Waals surface area contributed by atoms with E-state index in [1.165, 1.54) is 0 Å². The Labute approximate surface area is 140 Å². The van der Waals surface area contributed by atoms with Crippen LogP contribution in [-0.2, 0) is 0 Å². The summed E-state index contributed by atoms with van der Waals surface area (Å²) in [5.41, 5.74) is 0.621. The van der Waals surface area contributed by atoms with E-state index in [0.717, 1.165) is 54.1 Å². The third kappa shape index (κ3) is 4.93. The van der Waals surface area contributed by atoms with Gasteiger partial charge in [-0.25, -0.2) is 0 Å². The van der Waals surface area contributed by atoms with Gasteiger partial charge < -0.3 is 15.3 Å². The Balaban J connectivity index is 1.99. The smallest absolute Gasteiger partial charge is 0.0758 e. The topological polar surface area (TPSA) is 35.5 Å². The number of rotatable bonds is 6. The standard InChI is InChI=1S/C16H24BrClN2O/c1-3-19-15(13-5-4-12(17)10-14(13)18)6-8-20-9-7-16(2,21)11-20/h4-5,10,15,19,21H,3,6-9,11H2,1-2H3. The summed E-state index contributed by atoms with van der Waals surface area (Å²) < 4.78 is 1.00. The number of β-amino-alcohol motifs (C(OH)–C–C–N with tert-alkyl or cyclic N) is 1. The van der Waals surface area contributed by atoms with Gasteiger partial charge in [0.2, 0.25) is 0 Å². The van der Waals surface area contributed by atoms with Crippen LogP contribution in [0, 0.1) is 0 Å². The van der Waals surface area contributed by atoms with Crippen LogP contribution in [0.4, 0.5) is 0 Å². The average molecular weight is 376 g/mol. The molecule has 2 atom stereocenters. The van der Waals surface area contributed by atoms with Gasteiger partial charge in [-0.3, -0.25) is 0 Å². The molecule has 1 aliphatic heterocycles. The Hall–Kier alpha value is -0.130. The molecule has 2 N–H and O–H groups in total. The third-order valence-electron chi connectivity index (χ3n) is 4.05. The zero-order valence-electron chi connectivity index (χ0n) is 12.7. The van der Waals surface area contributed by atoms with Crippen molar-refractivity contribution in [2.24, 2.45) is 0 Å². The van der Waals surface area contributed by atoms with Crippen molar-refractivity contribution in [2.75, 3.05) is 26.2 Å². The molecule has 3 nitrogen and oxygen atoms in total. The van der Waals surface area contributed by atoms with Crippen LogP contribution in [0.25, 0.3) is 0 Å². The molecule has 2 rings (SSSR count). The van der Waals surface area contributed by atoms with Gasteiger partial charge in [-0.15, -0.1) is 0 Å². The quantitative estimate of drug-likeness (QED) is 0.797. The second-order valence-electron chi connectivity index (χ2n) is 6.09. The van der Waals surface area contributed by atoms with E-state index in [-0.39, 0.29) is 6.04 Å². The Bertz CT molecular complexity index is 481. The second-order valence-corrected chi connectivity index (χ2v) is 7.41. The highest BCUT2D eigenvalue weighted by molar-refractivity contribution is 9.10. The fraction of sp³-hybridized carbons (Fsp3) is 0.625. The molecule has 0 aromatic heterocycles. The Morgan fingerprint density at radius 1 is 1.52 bits per heavy atom. The van der Waals surface area contributed by atoms with Crippen molar-refractivity contribution in [3.05, 3.63) is 33.3 Å². The van der Waals surface area contributed by atoms with Gasteiger partial charge in [0.1, 0.15) is 0 Å². The van der Waals surface area contributed by atoms with Crippen molar-refractivity contribution in [1.82, 2.24) is 10.2 Å². The summed E-state index contributed by atoms with van der Waals surface area (Å²) in [7, 11) is 0. The first-order valence-electron chi connectivity index (χ1n) is 7.54. The van der Waals surface area contributed by atoms with Gasteiger partial charge in [-0.2, -0.15) is 0 Å². The van der Waals surface area contributed by atoms with Crippen LogP contribution in [-0.4, -0.2) is 41.8 Å². The molecule has 0 bridgehead atoms. The van der Waals surface area contributed by atoms with Crippen LogP contribution in [0.3, 0.4) is 0 Å². The lowest BCUT2D eigenvalue weighted by molar-refractivity contribution is 0.0683. The van der Waals surface area contributed by atoms with Crippen LogP contribution >= 0.6 is 27.5 Å². The maximum Gasteiger partial charge on any atom is 0.0758 e. The highest BCUT2D eigenvalue weighted by Gasteiger charge is 2.31. The molecule has 2 unspecified atom stereocenters. The first kappa shape index (κ1) is 17.2. The Kier molecular flexibility index (Phi) is 6.09. The molecule has 1 aromatic rings. The van der Waals surface area contributed by atoms with E-state index < -0.39 is 5.60 Å². The minimum absolute atomic E-state index is 0.251. The summed E-state index contributed by atoms with van der Waals surface area (Å²) in [4.78, 5) is 2.33. The largest absolute Gasteiger partial charge is 0.389 e. The molecule has 1 heterocycles. The zero-order chi connectivity index (χ0) is 15.5. The highest BCUT2D eigenvalue weighted by atomic mass is 79.9. The minimum atomic E-state index is -0.525. The molecule has 0 radical (unpaired) electrons.